The Kier molecular flexibility index (Phi) is 5.16. The summed E-state index contributed by atoms with van der Waals surface area (Å²) >= 11 is 0. The Hall–Kier alpha value is -3.48. The van der Waals surface area contributed by atoms with Crippen molar-refractivity contribution >= 4 is 23.4 Å². The normalized spacial score (nSPS) is 10.1. The molecule has 0 aliphatic rings. The van der Waals surface area contributed by atoms with Gasteiger partial charge in [0.1, 0.15) is 5.82 Å². The molecule has 2 aromatic heterocycles. The predicted octanol–water partition coefficient (Wildman–Crippen LogP) is 3.01. The average Bonchev–Trinajstić information content (AvgIpc) is 2.67. The SMILES string of the molecule is COC(=O)c1cccc(Nc2ccnc(NCc3cccnc3)n2)c1. The highest BCUT2D eigenvalue weighted by Crippen LogP contribution is 2.17. The Morgan fingerprint density at radius 1 is 1.16 bits per heavy atom. The molecule has 0 saturated carbocycles. The number of nitrogens with one attached hydrogen (secondary N) is 2. The van der Waals surface area contributed by atoms with Crippen LogP contribution in [-0.4, -0.2) is 28.0 Å². The van der Waals surface area contributed by atoms with Gasteiger partial charge in [0.2, 0.25) is 5.95 Å². The number of methoxy groups -OCH3 is 1. The molecule has 0 saturated heterocycles. The van der Waals surface area contributed by atoms with E-state index in [0.717, 1.165) is 11.3 Å². The molecular weight excluding hydrogens is 318 g/mol. The first-order valence-electron chi connectivity index (χ1n) is 7.66. The van der Waals surface area contributed by atoms with Gasteiger partial charge >= 0.3 is 5.97 Å². The number of nitrogens with zero attached hydrogens (tertiary/aromatic N) is 3. The minimum Gasteiger partial charge on any atom is -0.465 e. The number of aromatic nitrogens is 3. The Morgan fingerprint density at radius 3 is 2.88 bits per heavy atom. The maximum Gasteiger partial charge on any atom is 0.337 e. The van der Waals surface area contributed by atoms with Crippen molar-refractivity contribution < 1.29 is 9.53 Å². The topological polar surface area (TPSA) is 89.0 Å². The lowest BCUT2D eigenvalue weighted by Crippen LogP contribution is -2.05. The van der Waals surface area contributed by atoms with Gasteiger partial charge < -0.3 is 15.4 Å². The van der Waals surface area contributed by atoms with Gasteiger partial charge in [0.25, 0.3) is 0 Å². The zero-order valence-corrected chi connectivity index (χ0v) is 13.6. The molecule has 0 spiro atoms. The number of ether oxygens (including phenoxy) is 1. The van der Waals surface area contributed by atoms with Crippen molar-refractivity contribution in [2.75, 3.05) is 17.7 Å². The lowest BCUT2D eigenvalue weighted by atomic mass is 10.2. The van der Waals surface area contributed by atoms with Crippen molar-refractivity contribution in [2.24, 2.45) is 0 Å². The molecule has 0 bridgehead atoms. The summed E-state index contributed by atoms with van der Waals surface area (Å²) in [4.78, 5) is 24.3. The van der Waals surface area contributed by atoms with E-state index in [1.54, 1.807) is 42.9 Å². The number of anilines is 3. The monoisotopic (exact) mass is 335 g/mol. The van der Waals surface area contributed by atoms with E-state index < -0.39 is 0 Å². The lowest BCUT2D eigenvalue weighted by Gasteiger charge is -2.09. The summed E-state index contributed by atoms with van der Waals surface area (Å²) < 4.78 is 4.73. The fourth-order valence-electron chi connectivity index (χ4n) is 2.19. The van der Waals surface area contributed by atoms with Crippen LogP contribution in [-0.2, 0) is 11.3 Å². The number of hydrogen-bond donors (Lipinski definition) is 2. The quantitative estimate of drug-likeness (QED) is 0.669. The summed E-state index contributed by atoms with van der Waals surface area (Å²) in [6.07, 6.45) is 5.17. The fourth-order valence-corrected chi connectivity index (χ4v) is 2.19. The highest BCUT2D eigenvalue weighted by molar-refractivity contribution is 5.90. The van der Waals surface area contributed by atoms with E-state index in [-0.39, 0.29) is 5.97 Å². The van der Waals surface area contributed by atoms with Gasteiger partial charge in [-0.2, -0.15) is 4.98 Å². The largest absolute Gasteiger partial charge is 0.465 e. The smallest absolute Gasteiger partial charge is 0.337 e. The third kappa shape index (κ3) is 4.51. The van der Waals surface area contributed by atoms with Gasteiger partial charge in [-0.05, 0) is 35.9 Å². The van der Waals surface area contributed by atoms with E-state index in [9.17, 15) is 4.79 Å². The number of hydrogen-bond acceptors (Lipinski definition) is 7. The van der Waals surface area contributed by atoms with Crippen LogP contribution in [0.1, 0.15) is 15.9 Å². The fraction of sp³-hybridized carbons (Fsp3) is 0.111. The molecule has 0 atom stereocenters. The van der Waals surface area contributed by atoms with E-state index in [1.165, 1.54) is 7.11 Å². The van der Waals surface area contributed by atoms with Gasteiger partial charge in [-0.3, -0.25) is 4.98 Å². The zero-order chi connectivity index (χ0) is 17.5. The standard InChI is InChI=1S/C18H17N5O2/c1-25-17(24)14-5-2-6-15(10-14)22-16-7-9-20-18(23-16)21-12-13-4-3-8-19-11-13/h2-11H,12H2,1H3,(H2,20,21,22,23). The second-order valence-electron chi connectivity index (χ2n) is 5.18. The molecule has 7 nitrogen and oxygen atoms in total. The minimum atomic E-state index is -0.384. The van der Waals surface area contributed by atoms with Crippen molar-refractivity contribution in [1.82, 2.24) is 15.0 Å². The molecule has 3 rings (SSSR count). The highest BCUT2D eigenvalue weighted by Gasteiger charge is 2.06. The third-order valence-corrected chi connectivity index (χ3v) is 3.39. The summed E-state index contributed by atoms with van der Waals surface area (Å²) in [6, 6.07) is 12.6. The third-order valence-electron chi connectivity index (χ3n) is 3.39. The van der Waals surface area contributed by atoms with Crippen LogP contribution in [0, 0.1) is 0 Å². The first-order valence-corrected chi connectivity index (χ1v) is 7.66. The van der Waals surface area contributed by atoms with Crippen LogP contribution >= 0.6 is 0 Å². The zero-order valence-electron chi connectivity index (χ0n) is 13.6. The maximum atomic E-state index is 11.6. The molecule has 126 valence electrons. The van der Waals surface area contributed by atoms with Gasteiger partial charge in [-0.15, -0.1) is 0 Å². The molecule has 0 aliphatic heterocycles. The van der Waals surface area contributed by atoms with E-state index >= 15 is 0 Å². The number of esters is 1. The lowest BCUT2D eigenvalue weighted by molar-refractivity contribution is 0.0601. The average molecular weight is 335 g/mol. The number of carbonyl (C=O) groups is 1. The van der Waals surface area contributed by atoms with Crippen molar-refractivity contribution in [3.8, 4) is 0 Å². The van der Waals surface area contributed by atoms with Crippen LogP contribution in [0.25, 0.3) is 0 Å². The predicted molar refractivity (Wildman–Crippen MR) is 94.7 cm³/mol. The first-order chi connectivity index (χ1) is 12.2. The Bertz CT molecular complexity index is 855. The highest BCUT2D eigenvalue weighted by atomic mass is 16.5. The summed E-state index contributed by atoms with van der Waals surface area (Å²) in [7, 11) is 1.35. The summed E-state index contributed by atoms with van der Waals surface area (Å²) in [5.74, 6) is 0.730. The number of carbonyl (C=O) groups excluding carboxylic acids is 1. The van der Waals surface area contributed by atoms with Crippen LogP contribution in [0.4, 0.5) is 17.5 Å². The number of benzene rings is 1. The maximum absolute atomic E-state index is 11.6. The van der Waals surface area contributed by atoms with Crippen molar-refractivity contribution in [2.45, 2.75) is 6.54 Å². The van der Waals surface area contributed by atoms with Crippen LogP contribution in [0.2, 0.25) is 0 Å². The molecule has 3 aromatic rings. The second-order valence-corrected chi connectivity index (χ2v) is 5.18. The molecule has 1 aromatic carbocycles. The minimum absolute atomic E-state index is 0.384. The molecule has 0 radical (unpaired) electrons. The molecule has 0 unspecified atom stereocenters. The van der Waals surface area contributed by atoms with E-state index in [2.05, 4.69) is 25.6 Å². The molecule has 7 heteroatoms. The summed E-state index contributed by atoms with van der Waals surface area (Å²) in [5.41, 5.74) is 2.24. The molecule has 2 N–H and O–H groups in total. The van der Waals surface area contributed by atoms with Gasteiger partial charge in [-0.25, -0.2) is 9.78 Å². The van der Waals surface area contributed by atoms with Crippen LogP contribution < -0.4 is 10.6 Å². The van der Waals surface area contributed by atoms with E-state index in [4.69, 9.17) is 4.74 Å². The molecule has 0 aliphatic carbocycles. The van der Waals surface area contributed by atoms with E-state index in [1.807, 2.05) is 18.2 Å². The van der Waals surface area contributed by atoms with Crippen LogP contribution in [0.3, 0.4) is 0 Å². The van der Waals surface area contributed by atoms with Gasteiger partial charge in [-0.1, -0.05) is 12.1 Å². The Morgan fingerprint density at radius 2 is 2.08 bits per heavy atom. The van der Waals surface area contributed by atoms with Crippen LogP contribution in [0.15, 0.2) is 61.1 Å². The van der Waals surface area contributed by atoms with Crippen molar-refractivity contribution in [3.63, 3.8) is 0 Å². The Labute approximate surface area is 145 Å². The van der Waals surface area contributed by atoms with Gasteiger partial charge in [0.15, 0.2) is 0 Å². The molecular formula is C18H17N5O2. The van der Waals surface area contributed by atoms with Crippen LogP contribution in [0.5, 0.6) is 0 Å². The molecule has 2 heterocycles. The summed E-state index contributed by atoms with van der Waals surface area (Å²) in [6.45, 7) is 0.578. The van der Waals surface area contributed by atoms with Crippen molar-refractivity contribution in [1.29, 1.82) is 0 Å². The first kappa shape index (κ1) is 16.4. The molecule has 0 fully saturated rings. The molecule has 25 heavy (non-hydrogen) atoms. The number of pyridine rings is 1. The Balaban J connectivity index is 1.68. The number of rotatable bonds is 6. The van der Waals surface area contributed by atoms with Gasteiger partial charge in [0.05, 0.1) is 12.7 Å². The summed E-state index contributed by atoms with van der Waals surface area (Å²) in [5, 5.41) is 6.30. The van der Waals surface area contributed by atoms with Crippen molar-refractivity contribution in [3.05, 3.63) is 72.2 Å². The van der Waals surface area contributed by atoms with E-state index in [0.29, 0.717) is 23.9 Å². The second kappa shape index (κ2) is 7.87. The molecule has 0 amide bonds. The van der Waals surface area contributed by atoms with Gasteiger partial charge in [0, 0.05) is 30.8 Å².